The molecule has 0 aliphatic heterocycles. The van der Waals surface area contributed by atoms with E-state index in [2.05, 4.69) is 13.8 Å². The standard InChI is InChI=1S/C12H17NO3/c1-8(2)9-4-3-5-10(6-9)16-7-11(13)12(14)15/h3-6,8,11H,7,13H2,1-2H3,(H,14,15). The smallest absolute Gasteiger partial charge is 0.324 e. The first-order valence-electron chi connectivity index (χ1n) is 5.22. The van der Waals surface area contributed by atoms with Gasteiger partial charge in [0.05, 0.1) is 0 Å². The molecule has 0 aliphatic rings. The van der Waals surface area contributed by atoms with Crippen molar-refractivity contribution in [3.8, 4) is 5.75 Å². The van der Waals surface area contributed by atoms with Crippen LogP contribution in [0.3, 0.4) is 0 Å². The predicted molar refractivity (Wildman–Crippen MR) is 61.6 cm³/mol. The summed E-state index contributed by atoms with van der Waals surface area (Å²) in [7, 11) is 0. The maximum atomic E-state index is 10.5. The summed E-state index contributed by atoms with van der Waals surface area (Å²) in [6.45, 7) is 4.15. The van der Waals surface area contributed by atoms with Crippen molar-refractivity contribution in [3.05, 3.63) is 29.8 Å². The maximum Gasteiger partial charge on any atom is 0.324 e. The average Bonchev–Trinajstić information content (AvgIpc) is 2.26. The molecule has 0 amide bonds. The SMILES string of the molecule is CC(C)c1cccc(OCC(N)C(=O)O)c1. The van der Waals surface area contributed by atoms with Crippen LogP contribution in [0.15, 0.2) is 24.3 Å². The lowest BCUT2D eigenvalue weighted by atomic mass is 10.0. The fraction of sp³-hybridized carbons (Fsp3) is 0.417. The van der Waals surface area contributed by atoms with Crippen LogP contribution in [0, 0.1) is 0 Å². The van der Waals surface area contributed by atoms with Crippen LogP contribution in [-0.4, -0.2) is 23.7 Å². The molecular weight excluding hydrogens is 206 g/mol. The van der Waals surface area contributed by atoms with E-state index in [4.69, 9.17) is 15.6 Å². The summed E-state index contributed by atoms with van der Waals surface area (Å²) in [5, 5.41) is 8.60. The highest BCUT2D eigenvalue weighted by atomic mass is 16.5. The normalized spacial score (nSPS) is 12.5. The lowest BCUT2D eigenvalue weighted by molar-refractivity contribution is -0.139. The van der Waals surface area contributed by atoms with Gasteiger partial charge in [0.2, 0.25) is 0 Å². The van der Waals surface area contributed by atoms with Crippen molar-refractivity contribution in [2.45, 2.75) is 25.8 Å². The molecule has 16 heavy (non-hydrogen) atoms. The molecule has 88 valence electrons. The molecule has 4 heteroatoms. The minimum absolute atomic E-state index is 0.0170. The molecule has 1 rings (SSSR count). The molecule has 0 heterocycles. The number of ether oxygens (including phenoxy) is 1. The van der Waals surface area contributed by atoms with E-state index in [1.165, 1.54) is 0 Å². The number of nitrogens with two attached hydrogens (primary N) is 1. The van der Waals surface area contributed by atoms with Gasteiger partial charge in [0.1, 0.15) is 18.4 Å². The molecule has 0 aliphatic carbocycles. The zero-order chi connectivity index (χ0) is 12.1. The van der Waals surface area contributed by atoms with E-state index in [-0.39, 0.29) is 6.61 Å². The molecule has 0 spiro atoms. The highest BCUT2D eigenvalue weighted by molar-refractivity contribution is 5.73. The zero-order valence-corrected chi connectivity index (χ0v) is 9.51. The van der Waals surface area contributed by atoms with Crippen LogP contribution >= 0.6 is 0 Å². The third-order valence-electron chi connectivity index (χ3n) is 2.27. The van der Waals surface area contributed by atoms with Gasteiger partial charge in [-0.3, -0.25) is 4.79 Å². The summed E-state index contributed by atoms with van der Waals surface area (Å²) < 4.78 is 5.31. The predicted octanol–water partition coefficient (Wildman–Crippen LogP) is 1.60. The first-order chi connectivity index (χ1) is 7.50. The van der Waals surface area contributed by atoms with E-state index in [0.717, 1.165) is 5.56 Å². The second-order valence-electron chi connectivity index (χ2n) is 3.98. The van der Waals surface area contributed by atoms with Gasteiger partial charge in [0, 0.05) is 0 Å². The van der Waals surface area contributed by atoms with Gasteiger partial charge in [0.25, 0.3) is 0 Å². The molecule has 4 nitrogen and oxygen atoms in total. The Labute approximate surface area is 95.0 Å². The van der Waals surface area contributed by atoms with Crippen molar-refractivity contribution >= 4 is 5.97 Å². The Hall–Kier alpha value is -1.55. The van der Waals surface area contributed by atoms with Crippen molar-refractivity contribution in [2.24, 2.45) is 5.73 Å². The number of hydrogen-bond acceptors (Lipinski definition) is 3. The highest BCUT2D eigenvalue weighted by Crippen LogP contribution is 2.20. The van der Waals surface area contributed by atoms with Gasteiger partial charge < -0.3 is 15.6 Å². The lowest BCUT2D eigenvalue weighted by Crippen LogP contribution is -2.36. The van der Waals surface area contributed by atoms with Crippen LogP contribution in [-0.2, 0) is 4.79 Å². The Morgan fingerprint density at radius 3 is 2.75 bits per heavy atom. The summed E-state index contributed by atoms with van der Waals surface area (Å²) >= 11 is 0. The number of carboxylic acids is 1. The van der Waals surface area contributed by atoms with Crippen LogP contribution in [0.4, 0.5) is 0 Å². The number of aliphatic carboxylic acids is 1. The number of benzene rings is 1. The molecule has 3 N–H and O–H groups in total. The van der Waals surface area contributed by atoms with E-state index in [1.807, 2.05) is 18.2 Å². The number of hydrogen-bond donors (Lipinski definition) is 2. The molecular formula is C12H17NO3. The Kier molecular flexibility index (Phi) is 4.31. The van der Waals surface area contributed by atoms with E-state index in [9.17, 15) is 4.79 Å². The molecule has 1 unspecified atom stereocenters. The Morgan fingerprint density at radius 1 is 1.50 bits per heavy atom. The van der Waals surface area contributed by atoms with Gasteiger partial charge in [0.15, 0.2) is 0 Å². The van der Waals surface area contributed by atoms with E-state index in [1.54, 1.807) is 6.07 Å². The van der Waals surface area contributed by atoms with Gasteiger partial charge >= 0.3 is 5.97 Å². The van der Waals surface area contributed by atoms with Crippen molar-refractivity contribution in [1.82, 2.24) is 0 Å². The first-order valence-corrected chi connectivity index (χ1v) is 5.22. The quantitative estimate of drug-likeness (QED) is 0.795. The second-order valence-corrected chi connectivity index (χ2v) is 3.98. The molecule has 0 bridgehead atoms. The number of carbonyl (C=O) groups is 1. The third-order valence-corrected chi connectivity index (χ3v) is 2.27. The van der Waals surface area contributed by atoms with Crippen LogP contribution in [0.1, 0.15) is 25.3 Å². The second kappa shape index (κ2) is 5.51. The van der Waals surface area contributed by atoms with Crippen LogP contribution in [0.2, 0.25) is 0 Å². The zero-order valence-electron chi connectivity index (χ0n) is 9.51. The largest absolute Gasteiger partial charge is 0.491 e. The fourth-order valence-corrected chi connectivity index (χ4v) is 1.22. The van der Waals surface area contributed by atoms with Crippen LogP contribution in [0.25, 0.3) is 0 Å². The average molecular weight is 223 g/mol. The molecule has 0 saturated heterocycles. The minimum Gasteiger partial charge on any atom is -0.491 e. The summed E-state index contributed by atoms with van der Waals surface area (Å²) in [5.74, 6) is 0.0135. The summed E-state index contributed by atoms with van der Waals surface area (Å²) in [6.07, 6.45) is 0. The van der Waals surface area contributed by atoms with Gasteiger partial charge in [-0.2, -0.15) is 0 Å². The first kappa shape index (κ1) is 12.5. The van der Waals surface area contributed by atoms with Gasteiger partial charge in [-0.15, -0.1) is 0 Å². The van der Waals surface area contributed by atoms with Crippen molar-refractivity contribution in [3.63, 3.8) is 0 Å². The Morgan fingerprint density at radius 2 is 2.19 bits per heavy atom. The summed E-state index contributed by atoms with van der Waals surface area (Å²) in [4.78, 5) is 10.5. The summed E-state index contributed by atoms with van der Waals surface area (Å²) in [6, 6.07) is 6.60. The molecule has 1 aromatic carbocycles. The molecule has 0 fully saturated rings. The monoisotopic (exact) mass is 223 g/mol. The van der Waals surface area contributed by atoms with Crippen LogP contribution < -0.4 is 10.5 Å². The molecule has 0 saturated carbocycles. The maximum absolute atomic E-state index is 10.5. The Bertz CT molecular complexity index is 363. The van der Waals surface area contributed by atoms with Gasteiger partial charge in [-0.05, 0) is 23.6 Å². The molecule has 0 radical (unpaired) electrons. The highest BCUT2D eigenvalue weighted by Gasteiger charge is 2.12. The Balaban J connectivity index is 2.60. The minimum atomic E-state index is -1.06. The molecule has 0 aromatic heterocycles. The van der Waals surface area contributed by atoms with E-state index < -0.39 is 12.0 Å². The van der Waals surface area contributed by atoms with Gasteiger partial charge in [-0.1, -0.05) is 26.0 Å². The summed E-state index contributed by atoms with van der Waals surface area (Å²) in [5.41, 5.74) is 6.49. The number of rotatable bonds is 5. The van der Waals surface area contributed by atoms with E-state index in [0.29, 0.717) is 11.7 Å². The van der Waals surface area contributed by atoms with Crippen LogP contribution in [0.5, 0.6) is 5.75 Å². The fourth-order valence-electron chi connectivity index (χ4n) is 1.22. The molecule has 1 atom stereocenters. The lowest BCUT2D eigenvalue weighted by Gasteiger charge is -2.11. The topological polar surface area (TPSA) is 72.5 Å². The molecule has 1 aromatic rings. The van der Waals surface area contributed by atoms with E-state index >= 15 is 0 Å². The van der Waals surface area contributed by atoms with Crippen molar-refractivity contribution in [1.29, 1.82) is 0 Å². The number of carboxylic acid groups (broad SMARTS) is 1. The van der Waals surface area contributed by atoms with Crippen molar-refractivity contribution < 1.29 is 14.6 Å². The third kappa shape index (κ3) is 3.55. The van der Waals surface area contributed by atoms with Crippen molar-refractivity contribution in [2.75, 3.05) is 6.61 Å². The van der Waals surface area contributed by atoms with Gasteiger partial charge in [-0.25, -0.2) is 0 Å².